The lowest BCUT2D eigenvalue weighted by atomic mass is 10.0. The Morgan fingerprint density at radius 1 is 1.53 bits per heavy atom. The van der Waals surface area contributed by atoms with Gasteiger partial charge in [-0.1, -0.05) is 6.07 Å². The Morgan fingerprint density at radius 3 is 3.24 bits per heavy atom. The smallest absolute Gasteiger partial charge is 0.308 e. The van der Waals surface area contributed by atoms with Crippen LogP contribution in [0.1, 0.15) is 12.5 Å². The van der Waals surface area contributed by atoms with Crippen molar-refractivity contribution in [1.82, 2.24) is 5.43 Å². The first-order valence-corrected chi connectivity index (χ1v) is 5.24. The van der Waals surface area contributed by atoms with E-state index in [0.29, 0.717) is 18.0 Å². The standard InChI is InChI=1S/C12H10N2O3/c1-7(15)17-10-4-2-3-9-11(10)12-8(6-16-9)5-13-14-12/h2-4,6,13H,5H2,1H3. The first-order valence-electron chi connectivity index (χ1n) is 5.24. The molecule has 1 N–H and O–H groups in total. The highest BCUT2D eigenvalue weighted by Gasteiger charge is 2.27. The van der Waals surface area contributed by atoms with E-state index in [2.05, 4.69) is 10.5 Å². The molecule has 0 unspecified atom stereocenters. The predicted molar refractivity (Wildman–Crippen MR) is 61.0 cm³/mol. The SMILES string of the molecule is CC(=O)Oc1cccc2c1C1=NNCC1=CO2. The first-order chi connectivity index (χ1) is 8.25. The van der Waals surface area contributed by atoms with Crippen LogP contribution < -0.4 is 14.9 Å². The van der Waals surface area contributed by atoms with Crippen molar-refractivity contribution in [2.45, 2.75) is 6.92 Å². The molecular formula is C12H10N2O3. The fourth-order valence-electron chi connectivity index (χ4n) is 1.89. The molecule has 0 fully saturated rings. The molecule has 0 aliphatic carbocycles. The van der Waals surface area contributed by atoms with E-state index in [0.717, 1.165) is 16.8 Å². The zero-order chi connectivity index (χ0) is 11.8. The average molecular weight is 230 g/mol. The molecule has 0 atom stereocenters. The van der Waals surface area contributed by atoms with Crippen LogP contribution in [-0.2, 0) is 4.79 Å². The third-order valence-corrected chi connectivity index (χ3v) is 2.57. The average Bonchev–Trinajstić information content (AvgIpc) is 2.76. The number of hydrogen-bond acceptors (Lipinski definition) is 5. The van der Waals surface area contributed by atoms with Crippen LogP contribution in [-0.4, -0.2) is 18.2 Å². The van der Waals surface area contributed by atoms with Crippen LogP contribution in [0.3, 0.4) is 0 Å². The van der Waals surface area contributed by atoms with E-state index in [-0.39, 0.29) is 5.97 Å². The van der Waals surface area contributed by atoms with Crippen LogP contribution in [0.2, 0.25) is 0 Å². The number of carbonyl (C=O) groups is 1. The number of ether oxygens (including phenoxy) is 2. The summed E-state index contributed by atoms with van der Waals surface area (Å²) in [4.78, 5) is 11.1. The quantitative estimate of drug-likeness (QED) is 0.581. The first kappa shape index (κ1) is 9.89. The molecule has 0 radical (unpaired) electrons. The van der Waals surface area contributed by atoms with Gasteiger partial charge in [0.25, 0.3) is 0 Å². The monoisotopic (exact) mass is 230 g/mol. The number of nitrogens with one attached hydrogen (secondary N) is 1. The van der Waals surface area contributed by atoms with Crippen molar-refractivity contribution in [3.8, 4) is 11.5 Å². The molecule has 0 amide bonds. The highest BCUT2D eigenvalue weighted by Crippen LogP contribution is 2.35. The Morgan fingerprint density at radius 2 is 2.41 bits per heavy atom. The van der Waals surface area contributed by atoms with Gasteiger partial charge in [-0.05, 0) is 12.1 Å². The van der Waals surface area contributed by atoms with E-state index in [9.17, 15) is 4.79 Å². The van der Waals surface area contributed by atoms with E-state index < -0.39 is 0 Å². The summed E-state index contributed by atoms with van der Waals surface area (Å²) in [5.74, 6) is 0.763. The molecule has 0 saturated carbocycles. The Kier molecular flexibility index (Phi) is 2.11. The molecule has 2 aliphatic heterocycles. The number of hydrazone groups is 1. The second kappa shape index (κ2) is 3.62. The van der Waals surface area contributed by atoms with Crippen LogP contribution >= 0.6 is 0 Å². The number of benzene rings is 1. The molecule has 1 aromatic rings. The summed E-state index contributed by atoms with van der Waals surface area (Å²) in [7, 11) is 0. The molecule has 1 aromatic carbocycles. The lowest BCUT2D eigenvalue weighted by molar-refractivity contribution is -0.131. The number of fused-ring (bicyclic) bond motifs is 3. The highest BCUT2D eigenvalue weighted by molar-refractivity contribution is 6.17. The summed E-state index contributed by atoms with van der Waals surface area (Å²) in [5, 5.41) is 4.19. The second-order valence-corrected chi connectivity index (χ2v) is 3.78. The van der Waals surface area contributed by atoms with Gasteiger partial charge in [-0.15, -0.1) is 0 Å². The Hall–Kier alpha value is -2.30. The van der Waals surface area contributed by atoms with Crippen molar-refractivity contribution in [1.29, 1.82) is 0 Å². The normalized spacial score (nSPS) is 15.8. The summed E-state index contributed by atoms with van der Waals surface area (Å²) in [5.41, 5.74) is 5.35. The molecule has 0 bridgehead atoms. The number of hydrogen-bond donors (Lipinski definition) is 1. The van der Waals surface area contributed by atoms with Gasteiger partial charge in [-0.25, -0.2) is 0 Å². The molecule has 17 heavy (non-hydrogen) atoms. The molecule has 5 heteroatoms. The van der Waals surface area contributed by atoms with E-state index in [1.807, 2.05) is 6.07 Å². The fraction of sp³-hybridized carbons (Fsp3) is 0.167. The minimum Gasteiger partial charge on any atom is -0.464 e. The van der Waals surface area contributed by atoms with Gasteiger partial charge < -0.3 is 14.9 Å². The highest BCUT2D eigenvalue weighted by atomic mass is 16.5. The number of rotatable bonds is 1. The molecule has 0 saturated heterocycles. The van der Waals surface area contributed by atoms with Crippen molar-refractivity contribution in [3.63, 3.8) is 0 Å². The second-order valence-electron chi connectivity index (χ2n) is 3.78. The van der Waals surface area contributed by atoms with Gasteiger partial charge in [0.2, 0.25) is 0 Å². The lowest BCUT2D eigenvalue weighted by Crippen LogP contribution is -2.14. The Labute approximate surface area is 97.7 Å². The van der Waals surface area contributed by atoms with E-state index in [1.54, 1.807) is 18.4 Å². The summed E-state index contributed by atoms with van der Waals surface area (Å²) < 4.78 is 10.7. The summed E-state index contributed by atoms with van der Waals surface area (Å²) >= 11 is 0. The minimum atomic E-state index is -0.360. The Bertz CT molecular complexity index is 561. The molecule has 3 rings (SSSR count). The molecule has 2 aliphatic rings. The maximum Gasteiger partial charge on any atom is 0.308 e. The van der Waals surface area contributed by atoms with Gasteiger partial charge in [-0.2, -0.15) is 5.10 Å². The zero-order valence-corrected chi connectivity index (χ0v) is 9.19. The molecule has 0 spiro atoms. The topological polar surface area (TPSA) is 59.9 Å². The van der Waals surface area contributed by atoms with Gasteiger partial charge in [-0.3, -0.25) is 4.79 Å². The maximum absolute atomic E-state index is 11.1. The van der Waals surface area contributed by atoms with Crippen LogP contribution in [0, 0.1) is 0 Å². The number of carbonyl (C=O) groups excluding carboxylic acids is 1. The molecule has 86 valence electrons. The summed E-state index contributed by atoms with van der Waals surface area (Å²) in [6.07, 6.45) is 1.67. The number of nitrogens with zero attached hydrogens (tertiary/aromatic N) is 1. The van der Waals surface area contributed by atoms with E-state index >= 15 is 0 Å². The minimum absolute atomic E-state index is 0.360. The van der Waals surface area contributed by atoms with Gasteiger partial charge in [0.05, 0.1) is 18.4 Å². The molecule has 0 aromatic heterocycles. The van der Waals surface area contributed by atoms with Crippen LogP contribution in [0.4, 0.5) is 0 Å². The van der Waals surface area contributed by atoms with Crippen molar-refractivity contribution < 1.29 is 14.3 Å². The van der Waals surface area contributed by atoms with Gasteiger partial charge in [0, 0.05) is 12.5 Å². The summed E-state index contributed by atoms with van der Waals surface area (Å²) in [6, 6.07) is 5.32. The predicted octanol–water partition coefficient (Wildman–Crippen LogP) is 1.20. The van der Waals surface area contributed by atoms with Gasteiger partial charge >= 0.3 is 5.97 Å². The van der Waals surface area contributed by atoms with Crippen molar-refractivity contribution >= 4 is 11.7 Å². The largest absolute Gasteiger partial charge is 0.464 e. The molecule has 5 nitrogen and oxygen atoms in total. The van der Waals surface area contributed by atoms with Crippen LogP contribution in [0.15, 0.2) is 35.1 Å². The van der Waals surface area contributed by atoms with Gasteiger partial charge in [0.1, 0.15) is 17.2 Å². The van der Waals surface area contributed by atoms with Crippen LogP contribution in [0.5, 0.6) is 11.5 Å². The van der Waals surface area contributed by atoms with E-state index in [1.165, 1.54) is 6.92 Å². The Balaban J connectivity index is 2.14. The number of esters is 1. The molecular weight excluding hydrogens is 220 g/mol. The van der Waals surface area contributed by atoms with Crippen molar-refractivity contribution in [2.24, 2.45) is 5.10 Å². The van der Waals surface area contributed by atoms with Crippen LogP contribution in [0.25, 0.3) is 0 Å². The fourth-order valence-corrected chi connectivity index (χ4v) is 1.89. The lowest BCUT2D eigenvalue weighted by Gasteiger charge is -2.17. The van der Waals surface area contributed by atoms with Gasteiger partial charge in [0.15, 0.2) is 0 Å². The van der Waals surface area contributed by atoms with Crippen molar-refractivity contribution in [2.75, 3.05) is 6.54 Å². The molecule has 2 heterocycles. The van der Waals surface area contributed by atoms with Crippen molar-refractivity contribution in [3.05, 3.63) is 35.6 Å². The maximum atomic E-state index is 11.1. The van der Waals surface area contributed by atoms with E-state index in [4.69, 9.17) is 9.47 Å². The third kappa shape index (κ3) is 1.56. The summed E-state index contributed by atoms with van der Waals surface area (Å²) in [6.45, 7) is 2.00. The third-order valence-electron chi connectivity index (χ3n) is 2.57. The zero-order valence-electron chi connectivity index (χ0n) is 9.19.